The molecule has 2 atom stereocenters. The molecule has 0 aliphatic carbocycles. The van der Waals surface area contributed by atoms with E-state index in [0.29, 0.717) is 33.0 Å². The Labute approximate surface area is 295 Å². The number of benzene rings is 2. The van der Waals surface area contributed by atoms with Crippen molar-refractivity contribution in [2.24, 2.45) is 5.14 Å². The number of hydrogen-bond acceptors (Lipinski definition) is 10. The summed E-state index contributed by atoms with van der Waals surface area (Å²) in [5.41, 5.74) is 0. The highest BCUT2D eigenvalue weighted by atomic mass is 35.5. The summed E-state index contributed by atoms with van der Waals surface area (Å²) in [6.07, 6.45) is -0.908. The average molecular weight is 776 g/mol. The van der Waals surface area contributed by atoms with E-state index < -0.39 is 38.5 Å². The predicted molar refractivity (Wildman–Crippen MR) is 189 cm³/mol. The molecule has 1 amide bonds. The van der Waals surface area contributed by atoms with E-state index in [2.05, 4.69) is 9.44 Å². The van der Waals surface area contributed by atoms with Gasteiger partial charge in [-0.2, -0.15) is 66.8 Å². The highest BCUT2D eigenvalue weighted by molar-refractivity contribution is 7.88. The van der Waals surface area contributed by atoms with E-state index in [0.717, 1.165) is 6.92 Å². The highest BCUT2D eigenvalue weighted by Crippen LogP contribution is 2.34. The minimum Gasteiger partial charge on any atom is -0.486 e. The zero-order valence-electron chi connectivity index (χ0n) is 23.7. The quantitative estimate of drug-likeness (QED) is 0.324. The predicted octanol–water partition coefficient (Wildman–Crippen LogP) is 2.29. The summed E-state index contributed by atoms with van der Waals surface area (Å²) in [7, 11) is -7.58. The Morgan fingerprint density at radius 3 is 1.51 bits per heavy atom. The van der Waals surface area contributed by atoms with Gasteiger partial charge in [0.2, 0.25) is 5.91 Å². The lowest BCUT2D eigenvalue weighted by molar-refractivity contribution is -0.117. The van der Waals surface area contributed by atoms with Gasteiger partial charge in [-0.05, 0) is 38.1 Å². The lowest BCUT2D eigenvalue weighted by Gasteiger charge is -2.26. The van der Waals surface area contributed by atoms with E-state index in [1.165, 1.54) is 13.8 Å². The van der Waals surface area contributed by atoms with Crippen molar-refractivity contribution in [2.45, 2.75) is 40.4 Å². The second-order valence-electron chi connectivity index (χ2n) is 8.60. The number of carbonyl (C=O) groups is 2. The molecular formula is C24H40Cl2N4O10S5. The van der Waals surface area contributed by atoms with Crippen LogP contribution in [0.3, 0.4) is 0 Å². The third-order valence-electron chi connectivity index (χ3n) is 4.54. The Balaban J connectivity index is -0.000000654. The number of hydrogen-bond donors (Lipinski definition) is 4. The Hall–Kier alpha value is -1.81. The van der Waals surface area contributed by atoms with Crippen molar-refractivity contribution in [2.75, 3.05) is 26.3 Å². The van der Waals surface area contributed by atoms with E-state index in [1.807, 2.05) is 0 Å². The molecule has 2 aromatic carbocycles. The van der Waals surface area contributed by atoms with Gasteiger partial charge in [0.15, 0.2) is 23.0 Å². The molecule has 5 N–H and O–H groups in total. The van der Waals surface area contributed by atoms with Gasteiger partial charge in [0.1, 0.15) is 31.2 Å². The van der Waals surface area contributed by atoms with E-state index in [1.54, 1.807) is 41.1 Å². The fraction of sp³-hybridized carbons (Fsp3) is 0.417. The molecule has 2 heterocycles. The topological polar surface area (TPSA) is 201 Å². The van der Waals surface area contributed by atoms with Gasteiger partial charge in [-0.15, -0.1) is 0 Å². The molecule has 4 rings (SSSR count). The molecule has 45 heavy (non-hydrogen) atoms. The number of halogens is 2. The molecule has 0 saturated carbocycles. The highest BCUT2D eigenvalue weighted by Gasteiger charge is 2.24. The van der Waals surface area contributed by atoms with Crippen LogP contribution in [0.5, 0.6) is 23.0 Å². The lowest BCUT2D eigenvalue weighted by Crippen LogP contribution is -2.45. The van der Waals surface area contributed by atoms with Crippen LogP contribution < -0.4 is 38.3 Å². The molecule has 0 spiro atoms. The van der Waals surface area contributed by atoms with E-state index in [4.69, 9.17) is 47.3 Å². The Bertz CT molecular complexity index is 1450. The first-order chi connectivity index (χ1) is 19.0. The summed E-state index contributed by atoms with van der Waals surface area (Å²) in [6, 6.07) is 9.88. The fourth-order valence-corrected chi connectivity index (χ4v) is 4.61. The van der Waals surface area contributed by atoms with E-state index >= 15 is 0 Å². The van der Waals surface area contributed by atoms with Crippen molar-refractivity contribution in [1.82, 2.24) is 14.2 Å². The second-order valence-corrected chi connectivity index (χ2v) is 12.3. The van der Waals surface area contributed by atoms with Crippen molar-refractivity contribution >= 4 is 95.8 Å². The van der Waals surface area contributed by atoms with Crippen molar-refractivity contribution < 1.29 is 45.4 Å². The first-order valence-electron chi connectivity index (χ1n) is 11.7. The van der Waals surface area contributed by atoms with Crippen LogP contribution in [-0.2, 0) is 30.0 Å². The molecule has 14 nitrogen and oxygen atoms in total. The van der Waals surface area contributed by atoms with Crippen LogP contribution in [0.1, 0.15) is 28.2 Å². The van der Waals surface area contributed by atoms with Crippen molar-refractivity contribution in [3.63, 3.8) is 0 Å². The zero-order chi connectivity index (χ0) is 30.8. The number of ether oxygens (including phenoxy) is 4. The smallest absolute Gasteiger partial charge is 0.301 e. The standard InChI is InChI=1S/C11H13ClN2O5S.C9H11ClN2O4S.C3H6O.CH4.3H2S/c1-7(15)14-20(16,17)13-5-9-6-18-11-4-8(12)2-3-10(11)19-9;10-6-1-2-8-9(3-6)15-5-7(16-8)4-12-17(11,13)14;1-3(2)4;;;;/h2-4,9,13H,5-6H2,1H3,(H,14,15);1-3,7,12H,4-5H2,(H2,11,13,14);1-2H3;1H4;3*1H2/t9-;7-;;;;;/m00...../s1. The zero-order valence-corrected chi connectivity index (χ0v) is 29.8. The summed E-state index contributed by atoms with van der Waals surface area (Å²) in [5, 5.41) is 5.89. The molecule has 0 unspecified atom stereocenters. The van der Waals surface area contributed by atoms with Crippen molar-refractivity contribution in [3.8, 4) is 23.0 Å². The van der Waals surface area contributed by atoms with E-state index in [9.17, 15) is 26.4 Å². The molecule has 21 heteroatoms. The molecule has 2 aromatic rings. The summed E-state index contributed by atoms with van der Waals surface area (Å²) >= 11 is 11.6. The van der Waals surface area contributed by atoms with Crippen LogP contribution in [0.4, 0.5) is 0 Å². The Morgan fingerprint density at radius 2 is 1.16 bits per heavy atom. The molecular weight excluding hydrogens is 736 g/mol. The van der Waals surface area contributed by atoms with Crippen LogP contribution in [0, 0.1) is 0 Å². The molecule has 260 valence electrons. The normalized spacial score (nSPS) is 15.6. The SMILES string of the molecule is C.CC(=O)NS(=O)(=O)NC[C@H]1COc2cc(Cl)ccc2O1.CC(C)=O.NS(=O)(=O)NC[C@H]1COc2cc(Cl)ccc2O1.S.S.S. The number of Topliss-reactive ketones (excluding diaryl/α,β-unsaturated/α-hetero) is 1. The fourth-order valence-electron chi connectivity index (χ4n) is 3.01. The summed E-state index contributed by atoms with van der Waals surface area (Å²) in [4.78, 5) is 20.2. The number of ketones is 1. The van der Waals surface area contributed by atoms with Gasteiger partial charge in [0, 0.05) is 29.1 Å². The number of carbonyl (C=O) groups excluding carboxylic acids is 2. The van der Waals surface area contributed by atoms with Crippen LogP contribution >= 0.6 is 63.7 Å². The maximum absolute atomic E-state index is 11.4. The Kier molecular flexibility index (Phi) is 23.1. The van der Waals surface area contributed by atoms with Gasteiger partial charge in [0.05, 0.1) is 13.1 Å². The van der Waals surface area contributed by atoms with Crippen LogP contribution in [-0.4, -0.2) is 67.0 Å². The average Bonchev–Trinajstić information content (AvgIpc) is 2.85. The molecule has 0 aromatic heterocycles. The first-order valence-corrected chi connectivity index (χ1v) is 15.5. The lowest BCUT2D eigenvalue weighted by atomic mass is 10.2. The van der Waals surface area contributed by atoms with Gasteiger partial charge in [-0.1, -0.05) is 30.6 Å². The third kappa shape index (κ3) is 19.5. The van der Waals surface area contributed by atoms with Crippen LogP contribution in [0.2, 0.25) is 10.0 Å². The molecule has 0 radical (unpaired) electrons. The summed E-state index contributed by atoms with van der Waals surface area (Å²) < 4.78 is 72.3. The molecule has 0 saturated heterocycles. The maximum atomic E-state index is 11.4. The number of nitrogens with two attached hydrogens (primary N) is 1. The monoisotopic (exact) mass is 774 g/mol. The van der Waals surface area contributed by atoms with E-state index in [-0.39, 0.29) is 80.0 Å². The molecule has 2 aliphatic rings. The number of fused-ring (bicyclic) bond motifs is 2. The summed E-state index contributed by atoms with van der Waals surface area (Å²) in [6.45, 7) is 4.61. The third-order valence-corrected chi connectivity index (χ3v) is 6.68. The maximum Gasteiger partial charge on any atom is 0.301 e. The van der Waals surface area contributed by atoms with Crippen molar-refractivity contribution in [3.05, 3.63) is 46.4 Å². The van der Waals surface area contributed by atoms with Crippen LogP contribution in [0.25, 0.3) is 0 Å². The molecule has 2 aliphatic heterocycles. The van der Waals surface area contributed by atoms with Gasteiger partial charge in [-0.25, -0.2) is 9.86 Å². The first kappa shape index (κ1) is 47.6. The number of rotatable bonds is 7. The second kappa shape index (κ2) is 21.9. The number of amides is 1. The van der Waals surface area contributed by atoms with Crippen LogP contribution in [0.15, 0.2) is 36.4 Å². The minimum absolute atomic E-state index is 0. The van der Waals surface area contributed by atoms with Crippen molar-refractivity contribution in [1.29, 1.82) is 0 Å². The molecule has 0 fully saturated rings. The summed E-state index contributed by atoms with van der Waals surface area (Å²) in [5.74, 6) is 1.58. The van der Waals surface area contributed by atoms with Gasteiger partial charge in [-0.3, -0.25) is 4.79 Å². The number of nitrogens with one attached hydrogen (secondary N) is 3. The van der Waals surface area contributed by atoms with Gasteiger partial charge < -0.3 is 23.7 Å². The van der Waals surface area contributed by atoms with Gasteiger partial charge >= 0.3 is 10.2 Å². The van der Waals surface area contributed by atoms with Gasteiger partial charge in [0.25, 0.3) is 10.2 Å². The minimum atomic E-state index is -3.87. The Morgan fingerprint density at radius 1 is 0.778 bits per heavy atom. The largest absolute Gasteiger partial charge is 0.486 e. The molecule has 0 bridgehead atoms.